The van der Waals surface area contributed by atoms with Crippen molar-refractivity contribution in [2.75, 3.05) is 6.61 Å². The summed E-state index contributed by atoms with van der Waals surface area (Å²) in [5.74, 6) is -0.212. The van der Waals surface area contributed by atoms with E-state index in [9.17, 15) is 4.79 Å². The lowest BCUT2D eigenvalue weighted by molar-refractivity contribution is -0.142. The Kier molecular flexibility index (Phi) is 5.20. The van der Waals surface area contributed by atoms with Crippen LogP contribution in [-0.4, -0.2) is 17.4 Å². The van der Waals surface area contributed by atoms with Crippen LogP contribution in [0, 0.1) is 0 Å². The van der Waals surface area contributed by atoms with Crippen molar-refractivity contribution in [1.29, 1.82) is 0 Å². The summed E-state index contributed by atoms with van der Waals surface area (Å²) in [4.78, 5) is 10.7. The quantitative estimate of drug-likeness (QED) is 0.413. The molecule has 0 spiro atoms. The highest BCUT2D eigenvalue weighted by Crippen LogP contribution is 2.12. The minimum Gasteiger partial charge on any atom is -0.465 e. The minimum absolute atomic E-state index is 0.212. The fraction of sp³-hybridized carbons (Fsp3) is 0.625. The summed E-state index contributed by atoms with van der Waals surface area (Å²) in [5.41, 5.74) is 0.972. The van der Waals surface area contributed by atoms with Gasteiger partial charge in [-0.05, 0) is 20.3 Å². The SMILES string of the molecule is C=C(C)CC(Br)C(=O)OCC. The number of ether oxygens (including phenoxy) is 1. The molecule has 0 rings (SSSR count). The molecule has 0 bridgehead atoms. The van der Waals surface area contributed by atoms with E-state index in [0.717, 1.165) is 5.57 Å². The van der Waals surface area contributed by atoms with Crippen LogP contribution < -0.4 is 0 Å². The maximum Gasteiger partial charge on any atom is 0.320 e. The topological polar surface area (TPSA) is 26.3 Å². The summed E-state index contributed by atoms with van der Waals surface area (Å²) in [5, 5.41) is 0. The first-order valence-corrected chi connectivity index (χ1v) is 4.44. The molecule has 0 fully saturated rings. The van der Waals surface area contributed by atoms with Gasteiger partial charge in [-0.25, -0.2) is 0 Å². The second-order valence-corrected chi connectivity index (χ2v) is 3.49. The van der Waals surface area contributed by atoms with Crippen LogP contribution in [0.4, 0.5) is 0 Å². The highest BCUT2D eigenvalue weighted by atomic mass is 79.9. The molecule has 0 aromatic heterocycles. The smallest absolute Gasteiger partial charge is 0.320 e. The number of hydrogen-bond acceptors (Lipinski definition) is 2. The molecule has 0 saturated carbocycles. The van der Waals surface area contributed by atoms with Crippen LogP contribution in [0.2, 0.25) is 0 Å². The molecule has 0 heterocycles. The highest BCUT2D eigenvalue weighted by molar-refractivity contribution is 9.10. The Hall–Kier alpha value is -0.310. The first-order chi connectivity index (χ1) is 5.07. The fourth-order valence-electron chi connectivity index (χ4n) is 0.622. The van der Waals surface area contributed by atoms with Gasteiger partial charge in [-0.2, -0.15) is 0 Å². The van der Waals surface area contributed by atoms with E-state index in [1.807, 2.05) is 6.92 Å². The molecule has 0 amide bonds. The van der Waals surface area contributed by atoms with Gasteiger partial charge in [0.1, 0.15) is 4.83 Å². The number of alkyl halides is 1. The summed E-state index contributed by atoms with van der Waals surface area (Å²) in [6.45, 7) is 7.80. The molecule has 0 aliphatic heterocycles. The fourth-order valence-corrected chi connectivity index (χ4v) is 1.31. The third-order valence-electron chi connectivity index (χ3n) is 1.07. The van der Waals surface area contributed by atoms with Gasteiger partial charge < -0.3 is 4.74 Å². The number of esters is 1. The number of halogens is 1. The van der Waals surface area contributed by atoms with Crippen LogP contribution in [0.5, 0.6) is 0 Å². The van der Waals surface area contributed by atoms with Crippen molar-refractivity contribution in [3.05, 3.63) is 12.2 Å². The van der Waals surface area contributed by atoms with Crippen LogP contribution >= 0.6 is 15.9 Å². The number of rotatable bonds is 4. The maximum atomic E-state index is 11.0. The van der Waals surface area contributed by atoms with Crippen molar-refractivity contribution in [1.82, 2.24) is 0 Å². The number of carbonyl (C=O) groups excluding carboxylic acids is 1. The van der Waals surface area contributed by atoms with E-state index in [0.29, 0.717) is 13.0 Å². The van der Waals surface area contributed by atoms with Gasteiger partial charge in [-0.15, -0.1) is 6.58 Å². The summed E-state index contributed by atoms with van der Waals surface area (Å²) in [6, 6.07) is 0. The molecule has 0 N–H and O–H groups in total. The average Bonchev–Trinajstić information content (AvgIpc) is 1.86. The molecule has 1 unspecified atom stereocenters. The van der Waals surface area contributed by atoms with Gasteiger partial charge in [0.05, 0.1) is 6.61 Å². The van der Waals surface area contributed by atoms with Gasteiger partial charge in [0.2, 0.25) is 0 Å². The third kappa shape index (κ3) is 5.01. The lowest BCUT2D eigenvalue weighted by atomic mass is 10.2. The first kappa shape index (κ1) is 10.7. The molecule has 11 heavy (non-hydrogen) atoms. The lowest BCUT2D eigenvalue weighted by Crippen LogP contribution is -2.17. The van der Waals surface area contributed by atoms with Crippen LogP contribution in [-0.2, 0) is 9.53 Å². The van der Waals surface area contributed by atoms with E-state index in [4.69, 9.17) is 4.74 Å². The van der Waals surface area contributed by atoms with Crippen molar-refractivity contribution < 1.29 is 9.53 Å². The van der Waals surface area contributed by atoms with E-state index in [2.05, 4.69) is 22.5 Å². The van der Waals surface area contributed by atoms with Gasteiger partial charge in [0.25, 0.3) is 0 Å². The minimum atomic E-state index is -0.236. The molecular formula is C8H13BrO2. The van der Waals surface area contributed by atoms with Crippen molar-refractivity contribution in [2.24, 2.45) is 0 Å². The van der Waals surface area contributed by atoms with Crippen molar-refractivity contribution in [3.8, 4) is 0 Å². The molecule has 0 radical (unpaired) electrons. The third-order valence-corrected chi connectivity index (χ3v) is 1.77. The molecular weight excluding hydrogens is 208 g/mol. The Bertz CT molecular complexity index is 154. The molecule has 2 nitrogen and oxygen atoms in total. The van der Waals surface area contributed by atoms with E-state index >= 15 is 0 Å². The van der Waals surface area contributed by atoms with E-state index in [1.165, 1.54) is 0 Å². The molecule has 0 aromatic carbocycles. The molecule has 3 heteroatoms. The summed E-state index contributed by atoms with van der Waals surface area (Å²) >= 11 is 3.21. The molecule has 1 atom stereocenters. The largest absolute Gasteiger partial charge is 0.465 e. The number of carbonyl (C=O) groups is 1. The Balaban J connectivity index is 3.73. The molecule has 0 saturated heterocycles. The highest BCUT2D eigenvalue weighted by Gasteiger charge is 2.14. The van der Waals surface area contributed by atoms with Gasteiger partial charge in [0.15, 0.2) is 0 Å². The Morgan fingerprint density at radius 2 is 2.27 bits per heavy atom. The predicted molar refractivity (Wildman–Crippen MR) is 48.8 cm³/mol. The average molecular weight is 221 g/mol. The zero-order valence-corrected chi connectivity index (χ0v) is 8.48. The van der Waals surface area contributed by atoms with Gasteiger partial charge >= 0.3 is 5.97 Å². The lowest BCUT2D eigenvalue weighted by Gasteiger charge is -2.07. The van der Waals surface area contributed by atoms with Gasteiger partial charge in [-0.1, -0.05) is 21.5 Å². The monoisotopic (exact) mass is 220 g/mol. The first-order valence-electron chi connectivity index (χ1n) is 3.53. The van der Waals surface area contributed by atoms with E-state index in [1.54, 1.807) is 6.92 Å². The molecule has 0 aliphatic carbocycles. The number of hydrogen-bond donors (Lipinski definition) is 0. The van der Waals surface area contributed by atoms with Crippen LogP contribution in [0.3, 0.4) is 0 Å². The maximum absolute atomic E-state index is 11.0. The second-order valence-electron chi connectivity index (χ2n) is 2.38. The summed E-state index contributed by atoms with van der Waals surface area (Å²) in [6.07, 6.45) is 0.638. The number of allylic oxidation sites excluding steroid dienone is 1. The molecule has 0 aromatic rings. The van der Waals surface area contributed by atoms with E-state index in [-0.39, 0.29) is 10.8 Å². The Morgan fingerprint density at radius 1 is 1.73 bits per heavy atom. The van der Waals surface area contributed by atoms with Gasteiger partial charge in [0, 0.05) is 0 Å². The Labute approximate surface area is 75.7 Å². The van der Waals surface area contributed by atoms with Crippen LogP contribution in [0.15, 0.2) is 12.2 Å². The van der Waals surface area contributed by atoms with Crippen molar-refractivity contribution >= 4 is 21.9 Å². The normalized spacial score (nSPS) is 12.3. The van der Waals surface area contributed by atoms with Crippen LogP contribution in [0.25, 0.3) is 0 Å². The molecule has 64 valence electrons. The standard InChI is InChI=1S/C8H13BrO2/c1-4-11-8(10)7(9)5-6(2)3/h7H,2,4-5H2,1,3H3. The van der Waals surface area contributed by atoms with Crippen LogP contribution in [0.1, 0.15) is 20.3 Å². The summed E-state index contributed by atoms with van der Waals surface area (Å²) < 4.78 is 4.78. The second kappa shape index (κ2) is 5.35. The molecule has 0 aliphatic rings. The zero-order valence-electron chi connectivity index (χ0n) is 6.89. The predicted octanol–water partition coefficient (Wildman–Crippen LogP) is 2.28. The Morgan fingerprint density at radius 3 is 2.64 bits per heavy atom. The van der Waals surface area contributed by atoms with E-state index < -0.39 is 0 Å². The summed E-state index contributed by atoms with van der Waals surface area (Å²) in [7, 11) is 0. The van der Waals surface area contributed by atoms with Gasteiger partial charge in [-0.3, -0.25) is 4.79 Å². The van der Waals surface area contributed by atoms with Crippen molar-refractivity contribution in [3.63, 3.8) is 0 Å². The van der Waals surface area contributed by atoms with Crippen molar-refractivity contribution in [2.45, 2.75) is 25.1 Å². The zero-order chi connectivity index (χ0) is 8.85.